The Morgan fingerprint density at radius 1 is 0.732 bits per heavy atom. The molecule has 0 aromatic heterocycles. The maximum Gasteiger partial charge on any atom is 0.220 e. The lowest BCUT2D eigenvalue weighted by molar-refractivity contribution is -0.125. The molecule has 13 heteroatoms. The van der Waals surface area contributed by atoms with Gasteiger partial charge in [0.05, 0.1) is 42.3 Å². The van der Waals surface area contributed by atoms with Crippen LogP contribution in [0.5, 0.6) is 0 Å². The molecule has 0 aliphatic rings. The molecular formula is C28H57N7O6. The number of rotatable bonds is 26. The molecule has 0 saturated heterocycles. The van der Waals surface area contributed by atoms with Gasteiger partial charge in [-0.15, -0.1) is 0 Å². The van der Waals surface area contributed by atoms with E-state index in [0.29, 0.717) is 90.0 Å². The van der Waals surface area contributed by atoms with Gasteiger partial charge in [-0.05, 0) is 55.0 Å². The number of ketones is 1. The molecule has 0 atom stereocenters. The first-order chi connectivity index (χ1) is 19.4. The van der Waals surface area contributed by atoms with Gasteiger partial charge in [-0.3, -0.25) is 14.5 Å². The fraction of sp³-hybridized carbons (Fsp3) is 0.857. The highest BCUT2D eigenvalue weighted by Crippen LogP contribution is 2.06. The zero-order valence-electron chi connectivity index (χ0n) is 26.5. The minimum Gasteiger partial charge on any atom is -0.411 e. The number of oxime groups is 2. The predicted octanol–water partition coefficient (Wildman–Crippen LogP) is 1.22. The highest BCUT2D eigenvalue weighted by Gasteiger charge is 2.23. The molecule has 0 fully saturated rings. The molecule has 240 valence electrons. The van der Waals surface area contributed by atoms with E-state index in [1.807, 2.05) is 34.7 Å². The van der Waals surface area contributed by atoms with Gasteiger partial charge in [0.2, 0.25) is 5.91 Å². The fourth-order valence-electron chi connectivity index (χ4n) is 3.58. The molecule has 0 aromatic carbocycles. The van der Waals surface area contributed by atoms with E-state index in [-0.39, 0.29) is 24.5 Å². The molecule has 1 amide bonds. The second kappa shape index (κ2) is 22.4. The van der Waals surface area contributed by atoms with Crippen LogP contribution < -0.4 is 21.3 Å². The van der Waals surface area contributed by atoms with Crippen LogP contribution in [0.25, 0.3) is 0 Å². The Labute approximate surface area is 246 Å². The summed E-state index contributed by atoms with van der Waals surface area (Å²) in [6.45, 7) is 18.1. The van der Waals surface area contributed by atoms with Crippen molar-refractivity contribution in [1.82, 2.24) is 26.2 Å². The van der Waals surface area contributed by atoms with Crippen LogP contribution in [-0.2, 0) is 19.1 Å². The number of carbonyl (C=O) groups is 2. The van der Waals surface area contributed by atoms with Gasteiger partial charge in [0.25, 0.3) is 0 Å². The molecular weight excluding hydrogens is 530 g/mol. The summed E-state index contributed by atoms with van der Waals surface area (Å²) < 4.78 is 10.8. The SMILES string of the molecule is CNCCOCCOCCCC(=O)CCC(=O)NCCN(CCNC(C)(C)/C(C)=N\O)CCNC(C)(C)/C(C)=N\O. The first-order valence-electron chi connectivity index (χ1n) is 14.6. The number of nitrogens with zero attached hydrogens (tertiary/aromatic N) is 3. The zero-order chi connectivity index (χ0) is 31.2. The van der Waals surface area contributed by atoms with Crippen LogP contribution in [0.1, 0.15) is 67.2 Å². The third-order valence-corrected chi connectivity index (χ3v) is 7.09. The summed E-state index contributed by atoms with van der Waals surface area (Å²) in [7, 11) is 1.87. The summed E-state index contributed by atoms with van der Waals surface area (Å²) in [6.07, 6.45) is 1.42. The highest BCUT2D eigenvalue weighted by molar-refractivity contribution is 5.90. The molecule has 0 aliphatic carbocycles. The van der Waals surface area contributed by atoms with Crippen LogP contribution >= 0.6 is 0 Å². The Bertz CT molecular complexity index is 754. The van der Waals surface area contributed by atoms with E-state index < -0.39 is 11.1 Å². The molecule has 13 nitrogen and oxygen atoms in total. The van der Waals surface area contributed by atoms with Crippen molar-refractivity contribution in [2.75, 3.05) is 79.3 Å². The van der Waals surface area contributed by atoms with Gasteiger partial charge in [-0.2, -0.15) is 0 Å². The maximum atomic E-state index is 12.3. The smallest absolute Gasteiger partial charge is 0.220 e. The lowest BCUT2D eigenvalue weighted by Crippen LogP contribution is -2.51. The zero-order valence-corrected chi connectivity index (χ0v) is 26.5. The van der Waals surface area contributed by atoms with Crippen molar-refractivity contribution < 1.29 is 29.5 Å². The summed E-state index contributed by atoms with van der Waals surface area (Å²) in [5.74, 6) is -0.0854. The minimum absolute atomic E-state index is 0.0569. The van der Waals surface area contributed by atoms with Crippen molar-refractivity contribution in [3.8, 4) is 0 Å². The van der Waals surface area contributed by atoms with Crippen molar-refractivity contribution in [3.63, 3.8) is 0 Å². The second-order valence-electron chi connectivity index (χ2n) is 11.1. The quantitative estimate of drug-likeness (QED) is 0.0375. The van der Waals surface area contributed by atoms with Gasteiger partial charge in [0, 0.05) is 71.7 Å². The summed E-state index contributed by atoms with van der Waals surface area (Å²) in [5, 5.41) is 37.6. The number of ether oxygens (including phenoxy) is 2. The van der Waals surface area contributed by atoms with Crippen LogP contribution in [0.4, 0.5) is 0 Å². The van der Waals surface area contributed by atoms with Gasteiger partial charge >= 0.3 is 0 Å². The maximum absolute atomic E-state index is 12.3. The first kappa shape index (κ1) is 38.8. The molecule has 0 saturated carbocycles. The molecule has 6 N–H and O–H groups in total. The van der Waals surface area contributed by atoms with E-state index in [9.17, 15) is 9.59 Å². The number of hydrogen-bond acceptors (Lipinski definition) is 12. The molecule has 41 heavy (non-hydrogen) atoms. The van der Waals surface area contributed by atoms with Crippen LogP contribution in [-0.4, -0.2) is 129 Å². The van der Waals surface area contributed by atoms with Gasteiger partial charge in [0.15, 0.2) is 0 Å². The number of likely N-dealkylation sites (N-methyl/N-ethyl adjacent to an activating group) is 1. The normalized spacial score (nSPS) is 13.2. The largest absolute Gasteiger partial charge is 0.411 e. The first-order valence-corrected chi connectivity index (χ1v) is 14.6. The summed E-state index contributed by atoms with van der Waals surface area (Å²) in [6, 6.07) is 0. The lowest BCUT2D eigenvalue weighted by Gasteiger charge is -2.30. The Morgan fingerprint density at radius 2 is 1.24 bits per heavy atom. The van der Waals surface area contributed by atoms with Crippen molar-refractivity contribution in [3.05, 3.63) is 0 Å². The van der Waals surface area contributed by atoms with Gasteiger partial charge in [0.1, 0.15) is 5.78 Å². The Balaban J connectivity index is 4.45. The summed E-state index contributed by atoms with van der Waals surface area (Å²) in [4.78, 5) is 26.7. The van der Waals surface area contributed by atoms with Crippen molar-refractivity contribution >= 4 is 23.1 Å². The monoisotopic (exact) mass is 587 g/mol. The van der Waals surface area contributed by atoms with Crippen LogP contribution in [0.3, 0.4) is 0 Å². The molecule has 0 heterocycles. The van der Waals surface area contributed by atoms with Crippen molar-refractivity contribution in [2.24, 2.45) is 10.3 Å². The van der Waals surface area contributed by atoms with Crippen molar-refractivity contribution in [2.45, 2.75) is 78.3 Å². The van der Waals surface area contributed by atoms with E-state index in [0.717, 1.165) is 6.54 Å². The van der Waals surface area contributed by atoms with Crippen LogP contribution in [0.15, 0.2) is 10.3 Å². The molecule has 0 radical (unpaired) electrons. The average Bonchev–Trinajstić information content (AvgIpc) is 2.93. The van der Waals surface area contributed by atoms with E-state index in [2.05, 4.69) is 36.5 Å². The molecule has 0 aliphatic heterocycles. The van der Waals surface area contributed by atoms with Crippen molar-refractivity contribution in [1.29, 1.82) is 0 Å². The topological polar surface area (TPSA) is 169 Å². The fourth-order valence-corrected chi connectivity index (χ4v) is 3.58. The standard InChI is InChI=1S/C28H57N7O6/c1-23(33-38)27(3,4)31-13-17-35(18-14-32-28(5,6)24(2)34-39)16-12-30-26(37)11-10-25(36)9-8-19-40-21-22-41-20-15-29-7/h29,31-32,38-39H,8-22H2,1-7H3,(H,30,37)/b33-23-,34-24-. The lowest BCUT2D eigenvalue weighted by atomic mass is 9.99. The molecule has 0 spiro atoms. The van der Waals surface area contributed by atoms with Gasteiger partial charge in [-0.25, -0.2) is 0 Å². The Morgan fingerprint density at radius 3 is 1.76 bits per heavy atom. The number of amides is 1. The van der Waals surface area contributed by atoms with E-state index >= 15 is 0 Å². The predicted molar refractivity (Wildman–Crippen MR) is 162 cm³/mol. The molecule has 0 bridgehead atoms. The summed E-state index contributed by atoms with van der Waals surface area (Å²) >= 11 is 0. The van der Waals surface area contributed by atoms with Crippen LogP contribution in [0.2, 0.25) is 0 Å². The number of hydrogen-bond donors (Lipinski definition) is 6. The van der Waals surface area contributed by atoms with Gasteiger partial charge in [-0.1, -0.05) is 10.3 Å². The van der Waals surface area contributed by atoms with Gasteiger partial charge < -0.3 is 41.2 Å². The van der Waals surface area contributed by atoms with E-state index in [4.69, 9.17) is 19.9 Å². The number of Topliss-reactive ketones (excluding diaryl/α,β-unsaturated/α-hetero) is 1. The third kappa shape index (κ3) is 19.6. The molecule has 0 unspecified atom stereocenters. The molecule has 0 rings (SSSR count). The average molecular weight is 588 g/mol. The third-order valence-electron chi connectivity index (χ3n) is 7.09. The molecule has 0 aromatic rings. The number of nitrogens with one attached hydrogen (secondary N) is 4. The Hall–Kier alpha value is -2.16. The number of carbonyl (C=O) groups excluding carboxylic acids is 2. The highest BCUT2D eigenvalue weighted by atomic mass is 16.5. The van der Waals surface area contributed by atoms with E-state index in [1.54, 1.807) is 13.8 Å². The Kier molecular flexibility index (Phi) is 21.3. The minimum atomic E-state index is -0.456. The van der Waals surface area contributed by atoms with E-state index in [1.165, 1.54) is 0 Å². The van der Waals surface area contributed by atoms with Crippen LogP contribution in [0, 0.1) is 0 Å². The summed E-state index contributed by atoms with van der Waals surface area (Å²) in [5.41, 5.74) is 0.267. The second-order valence-corrected chi connectivity index (χ2v) is 11.1.